The van der Waals surface area contributed by atoms with Crippen molar-refractivity contribution in [2.45, 2.75) is 19.3 Å². The summed E-state index contributed by atoms with van der Waals surface area (Å²) in [5.41, 5.74) is 1.10. The number of Topliss-reactive ketones (excluding diaryl/α,β-unsaturated/α-hetero) is 1. The van der Waals surface area contributed by atoms with Crippen LogP contribution in [-0.2, 0) is 32.3 Å². The Balaban J connectivity index is 1.52. The van der Waals surface area contributed by atoms with E-state index in [0.717, 1.165) is 5.56 Å². The Morgan fingerprint density at radius 2 is 1.30 bits per heavy atom. The third kappa shape index (κ3) is 6.02. The molecule has 3 aromatic rings. The van der Waals surface area contributed by atoms with Gasteiger partial charge in [-0.25, -0.2) is 14.5 Å². The van der Waals surface area contributed by atoms with Gasteiger partial charge in [0.05, 0.1) is 0 Å². The highest BCUT2D eigenvalue weighted by atomic mass is 16.6. The summed E-state index contributed by atoms with van der Waals surface area (Å²) in [5.74, 6) is -2.41. The van der Waals surface area contributed by atoms with Gasteiger partial charge in [0.15, 0.2) is 5.78 Å². The molecule has 0 radical (unpaired) electrons. The Labute approximate surface area is 212 Å². The molecule has 37 heavy (non-hydrogen) atoms. The summed E-state index contributed by atoms with van der Waals surface area (Å²) < 4.78 is 10.4. The lowest BCUT2D eigenvalue weighted by atomic mass is 10.0. The highest BCUT2D eigenvalue weighted by molar-refractivity contribution is 6.33. The molecule has 1 aliphatic heterocycles. The first-order chi connectivity index (χ1) is 18.0. The number of nitrogens with one attached hydrogen (secondary N) is 1. The predicted molar refractivity (Wildman–Crippen MR) is 133 cm³/mol. The molecule has 0 bridgehead atoms. The second-order valence-corrected chi connectivity index (χ2v) is 8.13. The van der Waals surface area contributed by atoms with Gasteiger partial charge in [-0.15, -0.1) is 0 Å². The molecule has 9 heteroatoms. The Morgan fingerprint density at radius 3 is 1.86 bits per heavy atom. The van der Waals surface area contributed by atoms with Crippen molar-refractivity contribution >= 4 is 29.6 Å². The molecule has 188 valence electrons. The maximum absolute atomic E-state index is 13.2. The number of hydrogen-bond donors (Lipinski definition) is 2. The number of rotatable bonds is 7. The van der Waals surface area contributed by atoms with Crippen LogP contribution in [-0.4, -0.2) is 46.5 Å². The zero-order valence-corrected chi connectivity index (χ0v) is 19.7. The van der Waals surface area contributed by atoms with Crippen molar-refractivity contribution in [1.82, 2.24) is 10.2 Å². The van der Waals surface area contributed by atoms with E-state index in [-0.39, 0.29) is 18.8 Å². The summed E-state index contributed by atoms with van der Waals surface area (Å²) in [7, 11) is 0. The van der Waals surface area contributed by atoms with Crippen LogP contribution in [0.25, 0.3) is 5.76 Å². The maximum atomic E-state index is 13.2. The number of aliphatic hydroxyl groups excluding tert-OH is 1. The van der Waals surface area contributed by atoms with Crippen LogP contribution >= 0.6 is 0 Å². The number of imide groups is 1. The van der Waals surface area contributed by atoms with Gasteiger partial charge >= 0.3 is 12.2 Å². The van der Waals surface area contributed by atoms with Crippen LogP contribution < -0.4 is 5.32 Å². The number of hydrogen-bond acceptors (Lipinski definition) is 7. The molecule has 0 spiro atoms. The van der Waals surface area contributed by atoms with Crippen molar-refractivity contribution in [2.75, 3.05) is 6.54 Å². The van der Waals surface area contributed by atoms with Gasteiger partial charge in [0.25, 0.3) is 5.91 Å². The smallest absolute Gasteiger partial charge is 0.417 e. The molecule has 1 fully saturated rings. The third-order valence-corrected chi connectivity index (χ3v) is 5.63. The Kier molecular flexibility index (Phi) is 7.95. The van der Waals surface area contributed by atoms with Crippen molar-refractivity contribution in [3.05, 3.63) is 113 Å². The van der Waals surface area contributed by atoms with E-state index in [4.69, 9.17) is 9.47 Å². The zero-order chi connectivity index (χ0) is 26.2. The number of carbonyl (C=O) groups is 4. The number of aliphatic hydroxyl groups is 1. The molecule has 1 saturated heterocycles. The van der Waals surface area contributed by atoms with Crippen molar-refractivity contribution in [3.63, 3.8) is 0 Å². The predicted octanol–water partition coefficient (Wildman–Crippen LogP) is 4.00. The molecule has 1 heterocycles. The van der Waals surface area contributed by atoms with Crippen molar-refractivity contribution < 1.29 is 33.8 Å². The van der Waals surface area contributed by atoms with Crippen molar-refractivity contribution in [1.29, 1.82) is 0 Å². The first kappa shape index (κ1) is 25.2. The fourth-order valence-corrected chi connectivity index (χ4v) is 3.75. The number of benzene rings is 3. The van der Waals surface area contributed by atoms with E-state index in [0.29, 0.717) is 10.5 Å². The average molecular weight is 501 g/mol. The van der Waals surface area contributed by atoms with Gasteiger partial charge in [-0.1, -0.05) is 91.0 Å². The fraction of sp³-hybridized carbons (Fsp3) is 0.143. The Morgan fingerprint density at radius 1 is 0.784 bits per heavy atom. The monoisotopic (exact) mass is 500 g/mol. The molecule has 0 saturated carbocycles. The summed E-state index contributed by atoms with van der Waals surface area (Å²) in [4.78, 5) is 52.2. The topological polar surface area (TPSA) is 122 Å². The second kappa shape index (κ2) is 11.7. The van der Waals surface area contributed by atoms with Crippen LogP contribution in [0.4, 0.5) is 9.59 Å². The van der Waals surface area contributed by atoms with Gasteiger partial charge in [-0.3, -0.25) is 9.59 Å². The largest absolute Gasteiger partial charge is 0.506 e. The lowest BCUT2D eigenvalue weighted by molar-refractivity contribution is -0.125. The van der Waals surface area contributed by atoms with Crippen LogP contribution in [0, 0.1) is 0 Å². The molecule has 9 nitrogen and oxygen atoms in total. The Bertz CT molecular complexity index is 1310. The third-order valence-electron chi connectivity index (χ3n) is 5.63. The molecule has 2 N–H and O–H groups in total. The van der Waals surface area contributed by atoms with E-state index < -0.39 is 47.8 Å². The SMILES string of the molecule is O=C(NCC1C(=O)/C(=C(/O)c2ccccc2)C(=O)N1C(=O)OCc1ccccc1)OCc1ccccc1. The number of ether oxygens (including phenoxy) is 2. The van der Waals surface area contributed by atoms with Gasteiger partial charge in [0.2, 0.25) is 0 Å². The molecule has 1 atom stereocenters. The summed E-state index contributed by atoms with van der Waals surface area (Å²) in [6, 6.07) is 24.4. The minimum absolute atomic E-state index is 0.00695. The maximum Gasteiger partial charge on any atom is 0.417 e. The minimum atomic E-state index is -1.43. The molecule has 0 aliphatic carbocycles. The van der Waals surface area contributed by atoms with Crippen LogP contribution in [0.3, 0.4) is 0 Å². The summed E-state index contributed by atoms with van der Waals surface area (Å²) in [6.07, 6.45) is -1.92. The lowest BCUT2D eigenvalue weighted by Crippen LogP contribution is -2.47. The van der Waals surface area contributed by atoms with Gasteiger partial charge < -0.3 is 19.9 Å². The molecule has 3 aromatic carbocycles. The molecule has 1 aliphatic rings. The van der Waals surface area contributed by atoms with E-state index in [2.05, 4.69) is 5.32 Å². The number of carbonyl (C=O) groups excluding carboxylic acids is 4. The normalized spacial score (nSPS) is 16.3. The van der Waals surface area contributed by atoms with Crippen LogP contribution in [0.2, 0.25) is 0 Å². The minimum Gasteiger partial charge on any atom is -0.506 e. The zero-order valence-electron chi connectivity index (χ0n) is 19.7. The molecular formula is C28H24N2O7. The van der Waals surface area contributed by atoms with E-state index in [1.807, 2.05) is 6.07 Å². The van der Waals surface area contributed by atoms with E-state index in [9.17, 15) is 24.3 Å². The van der Waals surface area contributed by atoms with Crippen LogP contribution in [0.1, 0.15) is 16.7 Å². The van der Waals surface area contributed by atoms with Crippen LogP contribution in [0.15, 0.2) is 96.6 Å². The van der Waals surface area contributed by atoms with Gasteiger partial charge in [0.1, 0.15) is 30.6 Å². The summed E-state index contributed by atoms with van der Waals surface area (Å²) in [6.45, 7) is -0.572. The first-order valence-electron chi connectivity index (χ1n) is 11.5. The standard InChI is InChI=1S/C28H24N2O7/c31-24(21-14-8-3-9-15-21)23-25(32)22(16-29-27(34)36-17-19-10-4-1-5-11-19)30(26(23)33)28(35)37-18-20-12-6-2-7-13-20/h1-15,22,31H,16-18H2,(H,29,34)/b24-23-. The lowest BCUT2D eigenvalue weighted by Gasteiger charge is -2.21. The number of likely N-dealkylation sites (tertiary alicyclic amines) is 1. The molecule has 4 rings (SSSR count). The quantitative estimate of drug-likeness (QED) is 0.286. The van der Waals surface area contributed by atoms with E-state index in [1.165, 1.54) is 12.1 Å². The average Bonchev–Trinajstić information content (AvgIpc) is 3.19. The van der Waals surface area contributed by atoms with Crippen molar-refractivity contribution in [3.8, 4) is 0 Å². The number of ketones is 1. The number of nitrogens with zero attached hydrogens (tertiary/aromatic N) is 1. The molecular weight excluding hydrogens is 476 g/mol. The number of alkyl carbamates (subject to hydrolysis) is 1. The first-order valence-corrected chi connectivity index (χ1v) is 11.5. The van der Waals surface area contributed by atoms with Crippen molar-refractivity contribution in [2.24, 2.45) is 0 Å². The fourth-order valence-electron chi connectivity index (χ4n) is 3.75. The molecule has 1 unspecified atom stereocenters. The van der Waals surface area contributed by atoms with E-state index in [1.54, 1.807) is 72.8 Å². The van der Waals surface area contributed by atoms with Crippen LogP contribution in [0.5, 0.6) is 0 Å². The van der Waals surface area contributed by atoms with E-state index >= 15 is 0 Å². The summed E-state index contributed by atoms with van der Waals surface area (Å²) in [5, 5.41) is 13.1. The summed E-state index contributed by atoms with van der Waals surface area (Å²) >= 11 is 0. The Hall–Kier alpha value is -4.92. The molecule has 0 aromatic heterocycles. The molecule has 3 amide bonds. The second-order valence-electron chi connectivity index (χ2n) is 8.13. The number of amides is 3. The highest BCUT2D eigenvalue weighted by Gasteiger charge is 2.49. The van der Waals surface area contributed by atoms with Gasteiger partial charge in [-0.05, 0) is 11.1 Å². The highest BCUT2D eigenvalue weighted by Crippen LogP contribution is 2.28. The van der Waals surface area contributed by atoms with Gasteiger partial charge in [0, 0.05) is 12.1 Å². The van der Waals surface area contributed by atoms with Gasteiger partial charge in [-0.2, -0.15) is 0 Å².